The first-order valence-electron chi connectivity index (χ1n) is 6.94. The van der Waals surface area contributed by atoms with Gasteiger partial charge in [-0.15, -0.1) is 24.8 Å². The summed E-state index contributed by atoms with van der Waals surface area (Å²) in [6, 6.07) is 7.82. The summed E-state index contributed by atoms with van der Waals surface area (Å²) in [5.74, 6) is 0.0483. The Balaban J connectivity index is 0. The van der Waals surface area contributed by atoms with Crippen molar-refractivity contribution in [3.63, 3.8) is 0 Å². The van der Waals surface area contributed by atoms with Gasteiger partial charge in [0.2, 0.25) is 0 Å². The zero-order valence-electron chi connectivity index (χ0n) is 14.1. The van der Waals surface area contributed by atoms with Crippen LogP contribution in [0.3, 0.4) is 0 Å². The Kier molecular flexibility index (Phi) is 10.7. The fraction of sp³-hybridized carbons (Fsp3) is 0.562. The summed E-state index contributed by atoms with van der Waals surface area (Å²) in [5.41, 5.74) is 7.55. The number of hydrogen-bond acceptors (Lipinski definition) is 3. The number of hydrogen-bond donors (Lipinski definition) is 1. The average molecular weight is 350 g/mol. The molecule has 0 aliphatic carbocycles. The second-order valence-corrected chi connectivity index (χ2v) is 6.47. The third-order valence-electron chi connectivity index (χ3n) is 3.24. The lowest BCUT2D eigenvalue weighted by Gasteiger charge is -2.29. The van der Waals surface area contributed by atoms with Crippen molar-refractivity contribution >= 4 is 30.7 Å². The van der Waals surface area contributed by atoms with E-state index < -0.39 is 0 Å². The van der Waals surface area contributed by atoms with Gasteiger partial charge in [-0.2, -0.15) is 0 Å². The van der Waals surface area contributed by atoms with Crippen LogP contribution in [-0.4, -0.2) is 49.9 Å². The molecule has 0 aliphatic heterocycles. The van der Waals surface area contributed by atoms with Crippen molar-refractivity contribution in [2.75, 3.05) is 34.2 Å². The van der Waals surface area contributed by atoms with E-state index in [0.29, 0.717) is 13.1 Å². The minimum Gasteiger partial charge on any atom is -0.341 e. The SMILES string of the molecule is CN(C)Cc1cccc(C(=O)N(C)CC(C)(C)CN)c1.Cl.Cl. The van der Waals surface area contributed by atoms with E-state index in [0.717, 1.165) is 17.7 Å². The Morgan fingerprint density at radius 1 is 1.18 bits per heavy atom. The highest BCUT2D eigenvalue weighted by Crippen LogP contribution is 2.16. The normalized spacial score (nSPS) is 10.7. The molecular weight excluding hydrogens is 321 g/mol. The van der Waals surface area contributed by atoms with Gasteiger partial charge in [0, 0.05) is 25.7 Å². The Labute approximate surface area is 146 Å². The van der Waals surface area contributed by atoms with Crippen molar-refractivity contribution in [3.8, 4) is 0 Å². The van der Waals surface area contributed by atoms with Crippen LogP contribution in [0.1, 0.15) is 29.8 Å². The van der Waals surface area contributed by atoms with Crippen LogP contribution in [0, 0.1) is 5.41 Å². The number of amides is 1. The topological polar surface area (TPSA) is 49.6 Å². The molecule has 0 aromatic heterocycles. The molecule has 0 bridgehead atoms. The van der Waals surface area contributed by atoms with E-state index in [2.05, 4.69) is 18.7 Å². The lowest BCUT2D eigenvalue weighted by Crippen LogP contribution is -2.39. The molecule has 0 spiro atoms. The molecule has 0 atom stereocenters. The van der Waals surface area contributed by atoms with Crippen LogP contribution in [0.25, 0.3) is 0 Å². The third kappa shape index (κ3) is 7.45. The average Bonchev–Trinajstić information content (AvgIpc) is 2.37. The minimum atomic E-state index is -0.0638. The molecule has 0 heterocycles. The fourth-order valence-electron chi connectivity index (χ4n) is 2.17. The summed E-state index contributed by atoms with van der Waals surface area (Å²) in [6.07, 6.45) is 0. The number of halogens is 2. The number of carbonyl (C=O) groups is 1. The van der Waals surface area contributed by atoms with Crippen molar-refractivity contribution in [1.82, 2.24) is 9.80 Å². The van der Waals surface area contributed by atoms with E-state index in [4.69, 9.17) is 5.73 Å². The molecule has 0 aliphatic rings. The van der Waals surface area contributed by atoms with E-state index in [1.807, 2.05) is 45.4 Å². The Morgan fingerprint density at radius 3 is 2.27 bits per heavy atom. The predicted octanol–water partition coefficient (Wildman–Crippen LogP) is 2.65. The second-order valence-electron chi connectivity index (χ2n) is 6.47. The summed E-state index contributed by atoms with van der Waals surface area (Å²) < 4.78 is 0. The maximum absolute atomic E-state index is 12.4. The minimum absolute atomic E-state index is 0. The molecule has 2 N–H and O–H groups in total. The highest BCUT2D eigenvalue weighted by Gasteiger charge is 2.22. The molecular formula is C16H29Cl2N3O. The molecule has 4 nitrogen and oxygen atoms in total. The molecule has 1 amide bonds. The van der Waals surface area contributed by atoms with Gasteiger partial charge in [-0.05, 0) is 43.8 Å². The molecule has 0 saturated heterocycles. The van der Waals surface area contributed by atoms with Crippen LogP contribution in [0.4, 0.5) is 0 Å². The molecule has 1 rings (SSSR count). The standard InChI is InChI=1S/C16H27N3O.2ClH/c1-16(2,11-17)12-19(5)15(20)14-8-6-7-13(9-14)10-18(3)4;;/h6-9H,10-12,17H2,1-5H3;2*1H. The van der Waals surface area contributed by atoms with Gasteiger partial charge in [0.05, 0.1) is 0 Å². The molecule has 0 radical (unpaired) electrons. The van der Waals surface area contributed by atoms with Gasteiger partial charge in [-0.1, -0.05) is 26.0 Å². The smallest absolute Gasteiger partial charge is 0.253 e. The van der Waals surface area contributed by atoms with Crippen molar-refractivity contribution in [1.29, 1.82) is 0 Å². The number of carbonyl (C=O) groups excluding carboxylic acids is 1. The predicted molar refractivity (Wildman–Crippen MR) is 98.1 cm³/mol. The van der Waals surface area contributed by atoms with Crippen LogP contribution >= 0.6 is 24.8 Å². The van der Waals surface area contributed by atoms with Crippen LogP contribution in [0.5, 0.6) is 0 Å². The number of rotatable bonds is 6. The Hall–Kier alpha value is -0.810. The van der Waals surface area contributed by atoms with Gasteiger partial charge < -0.3 is 15.5 Å². The van der Waals surface area contributed by atoms with Gasteiger partial charge in [-0.25, -0.2) is 0 Å². The lowest BCUT2D eigenvalue weighted by molar-refractivity contribution is 0.0740. The van der Waals surface area contributed by atoms with E-state index in [1.165, 1.54) is 0 Å². The monoisotopic (exact) mass is 349 g/mol. The van der Waals surface area contributed by atoms with E-state index in [1.54, 1.807) is 4.90 Å². The van der Waals surface area contributed by atoms with Gasteiger partial charge in [0.1, 0.15) is 0 Å². The van der Waals surface area contributed by atoms with Crippen LogP contribution in [-0.2, 0) is 6.54 Å². The van der Waals surface area contributed by atoms with Gasteiger partial charge >= 0.3 is 0 Å². The highest BCUT2D eigenvalue weighted by molar-refractivity contribution is 5.94. The van der Waals surface area contributed by atoms with Gasteiger partial charge in [0.15, 0.2) is 0 Å². The molecule has 6 heteroatoms. The summed E-state index contributed by atoms with van der Waals surface area (Å²) in [6.45, 7) is 6.18. The van der Waals surface area contributed by atoms with E-state index in [-0.39, 0.29) is 36.1 Å². The molecule has 1 aromatic carbocycles. The summed E-state index contributed by atoms with van der Waals surface area (Å²) in [5, 5.41) is 0. The molecule has 0 saturated carbocycles. The molecule has 0 fully saturated rings. The molecule has 0 unspecified atom stereocenters. The van der Waals surface area contributed by atoms with Crippen LogP contribution < -0.4 is 5.73 Å². The van der Waals surface area contributed by atoms with Crippen molar-refractivity contribution in [2.24, 2.45) is 11.1 Å². The van der Waals surface area contributed by atoms with Gasteiger partial charge in [0.25, 0.3) is 5.91 Å². The molecule has 22 heavy (non-hydrogen) atoms. The fourth-order valence-corrected chi connectivity index (χ4v) is 2.17. The highest BCUT2D eigenvalue weighted by atomic mass is 35.5. The third-order valence-corrected chi connectivity index (χ3v) is 3.24. The summed E-state index contributed by atoms with van der Waals surface area (Å²) in [7, 11) is 5.87. The summed E-state index contributed by atoms with van der Waals surface area (Å²) >= 11 is 0. The number of nitrogens with zero attached hydrogens (tertiary/aromatic N) is 2. The Morgan fingerprint density at radius 2 is 1.77 bits per heavy atom. The van der Waals surface area contributed by atoms with Crippen molar-refractivity contribution < 1.29 is 4.79 Å². The number of benzene rings is 1. The summed E-state index contributed by atoms with van der Waals surface area (Å²) in [4.78, 5) is 16.3. The number of nitrogens with two attached hydrogens (primary N) is 1. The Bertz CT molecular complexity index is 464. The lowest BCUT2D eigenvalue weighted by atomic mass is 9.93. The van der Waals surface area contributed by atoms with Gasteiger partial charge in [-0.3, -0.25) is 4.79 Å². The zero-order chi connectivity index (χ0) is 15.3. The van der Waals surface area contributed by atoms with Crippen LogP contribution in [0.15, 0.2) is 24.3 Å². The van der Waals surface area contributed by atoms with Crippen molar-refractivity contribution in [3.05, 3.63) is 35.4 Å². The molecule has 1 aromatic rings. The first-order chi connectivity index (χ1) is 9.25. The van der Waals surface area contributed by atoms with Crippen molar-refractivity contribution in [2.45, 2.75) is 20.4 Å². The first kappa shape index (κ1) is 23.5. The maximum atomic E-state index is 12.4. The zero-order valence-corrected chi connectivity index (χ0v) is 15.8. The van der Waals surface area contributed by atoms with Crippen LogP contribution in [0.2, 0.25) is 0 Å². The quantitative estimate of drug-likeness (QED) is 0.858. The first-order valence-corrected chi connectivity index (χ1v) is 6.94. The molecule has 128 valence electrons. The van der Waals surface area contributed by atoms with E-state index >= 15 is 0 Å². The van der Waals surface area contributed by atoms with E-state index in [9.17, 15) is 4.79 Å². The second kappa shape index (κ2) is 10.1. The largest absolute Gasteiger partial charge is 0.341 e. The maximum Gasteiger partial charge on any atom is 0.253 e.